The van der Waals surface area contributed by atoms with Crippen molar-refractivity contribution in [2.45, 2.75) is 13.3 Å². The van der Waals surface area contributed by atoms with E-state index in [4.69, 9.17) is 5.73 Å². The third-order valence-corrected chi connectivity index (χ3v) is 2.43. The van der Waals surface area contributed by atoms with Crippen LogP contribution in [0.4, 0.5) is 0 Å². The number of hydrogen-bond donors (Lipinski definition) is 1. The van der Waals surface area contributed by atoms with Gasteiger partial charge in [0.1, 0.15) is 0 Å². The Morgan fingerprint density at radius 3 is 3.17 bits per heavy atom. The van der Waals surface area contributed by atoms with Gasteiger partial charge in [-0.3, -0.25) is 4.90 Å². The van der Waals surface area contributed by atoms with E-state index < -0.39 is 0 Å². The molecule has 65 valence electrons. The zero-order chi connectivity index (χ0) is 8.55. The predicted molar refractivity (Wildman–Crippen MR) is 47.5 cm³/mol. The minimum Gasteiger partial charge on any atom is -0.382 e. The van der Waals surface area contributed by atoms with Crippen molar-refractivity contribution in [3.63, 3.8) is 0 Å². The zero-order valence-electron chi connectivity index (χ0n) is 7.25. The quantitative estimate of drug-likeness (QED) is 0.587. The summed E-state index contributed by atoms with van der Waals surface area (Å²) in [5, 5.41) is 3.87. The lowest BCUT2D eigenvalue weighted by Crippen LogP contribution is -2.33. The molecule has 2 N–H and O–H groups in total. The molecule has 2 heterocycles. The summed E-state index contributed by atoms with van der Waals surface area (Å²) in [7, 11) is 0. The standard InChI is InChI=1S/C8H13N4/c1-2-12-4-3-6-7(5-12)10-11-8(6)9/h2-5H2,1H3,(H2,9,11). The molecule has 4 heteroatoms. The van der Waals surface area contributed by atoms with E-state index in [2.05, 4.69) is 22.4 Å². The molecule has 12 heavy (non-hydrogen) atoms. The molecule has 4 nitrogen and oxygen atoms in total. The van der Waals surface area contributed by atoms with E-state index in [-0.39, 0.29) is 0 Å². The molecule has 0 aliphatic carbocycles. The molecular weight excluding hydrogens is 152 g/mol. The van der Waals surface area contributed by atoms with E-state index in [0.29, 0.717) is 5.84 Å². The van der Waals surface area contributed by atoms with Crippen LogP contribution in [0.5, 0.6) is 0 Å². The summed E-state index contributed by atoms with van der Waals surface area (Å²) in [6.07, 6.45) is 1.00. The molecule has 1 radical (unpaired) electrons. The molecule has 0 bridgehead atoms. The summed E-state index contributed by atoms with van der Waals surface area (Å²) < 4.78 is 0. The van der Waals surface area contributed by atoms with E-state index in [1.54, 1.807) is 0 Å². The van der Waals surface area contributed by atoms with Crippen molar-refractivity contribution in [1.82, 2.24) is 10.3 Å². The number of hydrogen-bond acceptors (Lipinski definition) is 3. The highest BCUT2D eigenvalue weighted by Gasteiger charge is 2.24. The molecular formula is C8H13N4. The lowest BCUT2D eigenvalue weighted by molar-refractivity contribution is 0.298. The lowest BCUT2D eigenvalue weighted by atomic mass is 10.1. The summed E-state index contributed by atoms with van der Waals surface area (Å²) in [4.78, 5) is 2.34. The van der Waals surface area contributed by atoms with E-state index in [9.17, 15) is 0 Å². The maximum atomic E-state index is 5.66. The topological polar surface area (TPSA) is 55.7 Å². The lowest BCUT2D eigenvalue weighted by Gasteiger charge is -2.25. The van der Waals surface area contributed by atoms with E-state index in [0.717, 1.165) is 31.8 Å². The second kappa shape index (κ2) is 2.79. The molecule has 0 aromatic heterocycles. The Morgan fingerprint density at radius 2 is 2.42 bits per heavy atom. The third-order valence-electron chi connectivity index (χ3n) is 2.43. The predicted octanol–water partition coefficient (Wildman–Crippen LogP) is -0.144. The summed E-state index contributed by atoms with van der Waals surface area (Å²) in [6, 6.07) is 0. The minimum absolute atomic E-state index is 0.626. The second-order valence-electron chi connectivity index (χ2n) is 3.13. The fourth-order valence-electron chi connectivity index (χ4n) is 1.61. The molecule has 0 saturated carbocycles. The molecule has 0 fully saturated rings. The number of nitrogens with two attached hydrogens (primary N) is 1. The first kappa shape index (κ1) is 7.61. The van der Waals surface area contributed by atoms with Crippen LogP contribution in [0, 0.1) is 0 Å². The Balaban J connectivity index is 2.13. The van der Waals surface area contributed by atoms with Gasteiger partial charge in [0.05, 0.1) is 5.70 Å². The van der Waals surface area contributed by atoms with Gasteiger partial charge in [0.25, 0.3) is 0 Å². The van der Waals surface area contributed by atoms with Crippen LogP contribution in [0.3, 0.4) is 0 Å². The number of amidine groups is 1. The smallest absolute Gasteiger partial charge is 0.151 e. The largest absolute Gasteiger partial charge is 0.382 e. The van der Waals surface area contributed by atoms with Gasteiger partial charge in [-0.05, 0) is 13.0 Å². The van der Waals surface area contributed by atoms with Gasteiger partial charge in [-0.25, -0.2) is 0 Å². The van der Waals surface area contributed by atoms with Gasteiger partial charge in [-0.15, -0.1) is 5.10 Å². The van der Waals surface area contributed by atoms with E-state index in [1.165, 1.54) is 5.57 Å². The molecule has 2 aliphatic rings. The van der Waals surface area contributed by atoms with Crippen LogP contribution < -0.4 is 11.2 Å². The van der Waals surface area contributed by atoms with Crippen molar-refractivity contribution >= 4 is 5.84 Å². The van der Waals surface area contributed by atoms with Crippen molar-refractivity contribution < 1.29 is 0 Å². The number of likely N-dealkylation sites (N-methyl/N-ethyl adjacent to an activating group) is 1. The molecule has 0 atom stereocenters. The Morgan fingerprint density at radius 1 is 1.58 bits per heavy atom. The van der Waals surface area contributed by atoms with Crippen molar-refractivity contribution in [3.05, 3.63) is 11.3 Å². The summed E-state index contributed by atoms with van der Waals surface area (Å²) in [5.74, 6) is 0.626. The zero-order valence-corrected chi connectivity index (χ0v) is 7.25. The van der Waals surface area contributed by atoms with Crippen LogP contribution >= 0.6 is 0 Å². The van der Waals surface area contributed by atoms with Crippen LogP contribution in [0.25, 0.3) is 0 Å². The maximum absolute atomic E-state index is 5.66. The first-order chi connectivity index (χ1) is 5.81. The Hall–Kier alpha value is -1.03. The molecule has 0 aromatic rings. The van der Waals surface area contributed by atoms with E-state index >= 15 is 0 Å². The Bertz CT molecular complexity index is 254. The van der Waals surface area contributed by atoms with Crippen LogP contribution in [-0.2, 0) is 0 Å². The number of rotatable bonds is 1. The highest BCUT2D eigenvalue weighted by Crippen LogP contribution is 2.20. The molecule has 0 aromatic carbocycles. The van der Waals surface area contributed by atoms with Gasteiger partial charge in [-0.1, -0.05) is 6.92 Å². The first-order valence-electron chi connectivity index (χ1n) is 4.30. The molecule has 0 unspecified atom stereocenters. The van der Waals surface area contributed by atoms with Gasteiger partial charge < -0.3 is 5.73 Å². The summed E-state index contributed by atoms with van der Waals surface area (Å²) >= 11 is 0. The highest BCUT2D eigenvalue weighted by atomic mass is 15.4. The minimum atomic E-state index is 0.626. The van der Waals surface area contributed by atoms with Gasteiger partial charge >= 0.3 is 0 Å². The van der Waals surface area contributed by atoms with Crippen molar-refractivity contribution in [2.75, 3.05) is 19.6 Å². The average molecular weight is 165 g/mol. The molecule has 0 amide bonds. The Labute approximate surface area is 72.1 Å². The molecule has 2 aliphatic heterocycles. The monoisotopic (exact) mass is 165 g/mol. The van der Waals surface area contributed by atoms with Crippen molar-refractivity contribution in [2.24, 2.45) is 10.8 Å². The van der Waals surface area contributed by atoms with Gasteiger partial charge in [0.2, 0.25) is 0 Å². The van der Waals surface area contributed by atoms with Crippen LogP contribution in [0.15, 0.2) is 16.4 Å². The van der Waals surface area contributed by atoms with E-state index in [1.807, 2.05) is 0 Å². The highest BCUT2D eigenvalue weighted by molar-refractivity contribution is 5.99. The summed E-state index contributed by atoms with van der Waals surface area (Å²) in [5.41, 5.74) is 11.9. The van der Waals surface area contributed by atoms with Crippen molar-refractivity contribution in [1.29, 1.82) is 0 Å². The average Bonchev–Trinajstić information content (AvgIpc) is 2.47. The fourth-order valence-corrected chi connectivity index (χ4v) is 1.61. The van der Waals surface area contributed by atoms with Gasteiger partial charge in [-0.2, -0.15) is 5.43 Å². The molecule has 2 rings (SSSR count). The SMILES string of the molecule is CCN1CCC2=C(C1)[N]N=C2N. The molecule has 0 saturated heterocycles. The van der Waals surface area contributed by atoms with Gasteiger partial charge in [0.15, 0.2) is 5.84 Å². The van der Waals surface area contributed by atoms with Crippen LogP contribution in [0.2, 0.25) is 0 Å². The first-order valence-corrected chi connectivity index (χ1v) is 4.30. The van der Waals surface area contributed by atoms with Crippen LogP contribution in [0.1, 0.15) is 13.3 Å². The normalized spacial score (nSPS) is 23.6. The van der Waals surface area contributed by atoms with Gasteiger partial charge in [0, 0.05) is 18.7 Å². The van der Waals surface area contributed by atoms with Crippen LogP contribution in [-0.4, -0.2) is 30.4 Å². The summed E-state index contributed by atoms with van der Waals surface area (Å²) in [6.45, 7) is 5.23. The molecule has 0 spiro atoms. The Kier molecular flexibility index (Phi) is 1.77. The second-order valence-corrected chi connectivity index (χ2v) is 3.13. The fraction of sp³-hybridized carbons (Fsp3) is 0.625. The number of nitrogens with zero attached hydrogens (tertiary/aromatic N) is 3. The van der Waals surface area contributed by atoms with Crippen molar-refractivity contribution in [3.8, 4) is 0 Å². The maximum Gasteiger partial charge on any atom is 0.151 e. The third kappa shape index (κ3) is 1.08.